The Kier molecular flexibility index (Phi) is 4.73. The molecule has 1 heterocycles. The topological polar surface area (TPSA) is 30.0 Å². The van der Waals surface area contributed by atoms with Crippen molar-refractivity contribution >= 4 is 17.4 Å². The number of halogens is 1. The maximum atomic E-state index is 12.7. The van der Waals surface area contributed by atoms with Crippen LogP contribution < -0.4 is 0 Å². The quantitative estimate of drug-likeness (QED) is 0.729. The van der Waals surface area contributed by atoms with E-state index in [9.17, 15) is 4.79 Å². The Morgan fingerprint density at radius 1 is 1.25 bits per heavy atom. The van der Waals surface area contributed by atoms with Crippen LogP contribution in [-0.2, 0) is 4.79 Å². The van der Waals surface area contributed by atoms with Crippen LogP contribution in [0.3, 0.4) is 0 Å². The van der Waals surface area contributed by atoms with Crippen molar-refractivity contribution in [3.63, 3.8) is 0 Å². The second-order valence-corrected chi connectivity index (χ2v) is 6.96. The number of carbonyl (C=O) groups excluding carboxylic acids is 1. The van der Waals surface area contributed by atoms with E-state index in [1.807, 2.05) is 12.1 Å². The van der Waals surface area contributed by atoms with E-state index in [4.69, 9.17) is 18.0 Å². The van der Waals surface area contributed by atoms with E-state index in [1.165, 1.54) is 0 Å². The number of rotatable bonds is 3. The lowest BCUT2D eigenvalue weighted by atomic mass is 9.86. The molecule has 0 bridgehead atoms. The highest BCUT2D eigenvalue weighted by Gasteiger charge is 2.36. The Hall–Kier alpha value is -2.11. The normalized spacial score (nSPS) is 20.2. The molecule has 1 aliphatic carbocycles. The SMILES string of the molecule is C#CCC1CCC(c2c(C)cc(-c3ccc(Cl)cn3)cc2C)C1=O. The molecule has 1 aliphatic rings. The fourth-order valence-electron chi connectivity index (χ4n) is 3.79. The van der Waals surface area contributed by atoms with Crippen molar-refractivity contribution in [2.24, 2.45) is 5.92 Å². The highest BCUT2D eigenvalue weighted by Crippen LogP contribution is 2.40. The van der Waals surface area contributed by atoms with E-state index in [-0.39, 0.29) is 11.8 Å². The Bertz CT molecular complexity index is 794. The van der Waals surface area contributed by atoms with Crippen LogP contribution in [0.25, 0.3) is 11.3 Å². The van der Waals surface area contributed by atoms with E-state index < -0.39 is 0 Å². The van der Waals surface area contributed by atoms with Gasteiger partial charge in [-0.15, -0.1) is 12.3 Å². The van der Waals surface area contributed by atoms with Gasteiger partial charge in [-0.2, -0.15) is 0 Å². The second-order valence-electron chi connectivity index (χ2n) is 6.52. The van der Waals surface area contributed by atoms with Crippen LogP contribution in [0.4, 0.5) is 0 Å². The van der Waals surface area contributed by atoms with Crippen molar-refractivity contribution in [2.75, 3.05) is 0 Å². The minimum Gasteiger partial charge on any atom is -0.299 e. The van der Waals surface area contributed by atoms with Crippen LogP contribution in [0.2, 0.25) is 5.02 Å². The molecule has 2 nitrogen and oxygen atoms in total. The molecule has 3 rings (SSSR count). The molecule has 3 heteroatoms. The van der Waals surface area contributed by atoms with Crippen molar-refractivity contribution in [2.45, 2.75) is 39.0 Å². The summed E-state index contributed by atoms with van der Waals surface area (Å²) in [5.41, 5.74) is 5.39. The summed E-state index contributed by atoms with van der Waals surface area (Å²) >= 11 is 5.91. The molecule has 0 spiro atoms. The molecule has 2 atom stereocenters. The van der Waals surface area contributed by atoms with Gasteiger partial charge in [0.2, 0.25) is 0 Å². The summed E-state index contributed by atoms with van der Waals surface area (Å²) in [6.07, 6.45) is 9.39. The third-order valence-corrected chi connectivity index (χ3v) is 5.10. The molecule has 1 saturated carbocycles. The lowest BCUT2D eigenvalue weighted by molar-refractivity contribution is -0.121. The molecule has 122 valence electrons. The van der Waals surface area contributed by atoms with E-state index in [0.717, 1.165) is 40.8 Å². The first-order valence-corrected chi connectivity index (χ1v) is 8.59. The number of terminal acetylenes is 1. The number of Topliss-reactive ketones (excluding diaryl/α,β-unsaturated/α-hetero) is 1. The summed E-state index contributed by atoms with van der Waals surface area (Å²) < 4.78 is 0. The Labute approximate surface area is 148 Å². The Morgan fingerprint density at radius 3 is 2.54 bits per heavy atom. The maximum absolute atomic E-state index is 12.7. The van der Waals surface area contributed by atoms with Gasteiger partial charge in [-0.3, -0.25) is 9.78 Å². The first kappa shape index (κ1) is 16.7. The molecule has 0 aliphatic heterocycles. The predicted molar refractivity (Wildman–Crippen MR) is 98.1 cm³/mol. The summed E-state index contributed by atoms with van der Waals surface area (Å²) in [4.78, 5) is 17.1. The molecule has 2 aromatic rings. The molecule has 24 heavy (non-hydrogen) atoms. The second kappa shape index (κ2) is 6.79. The number of benzene rings is 1. The van der Waals surface area contributed by atoms with Crippen molar-refractivity contribution in [3.8, 4) is 23.6 Å². The van der Waals surface area contributed by atoms with Gasteiger partial charge in [-0.25, -0.2) is 0 Å². The summed E-state index contributed by atoms with van der Waals surface area (Å²) in [7, 11) is 0. The maximum Gasteiger partial charge on any atom is 0.144 e. The first-order valence-electron chi connectivity index (χ1n) is 8.21. The van der Waals surface area contributed by atoms with E-state index >= 15 is 0 Å². The van der Waals surface area contributed by atoms with Gasteiger partial charge in [0, 0.05) is 30.0 Å². The average Bonchev–Trinajstić information content (AvgIpc) is 2.89. The van der Waals surface area contributed by atoms with Gasteiger partial charge in [0.15, 0.2) is 0 Å². The van der Waals surface area contributed by atoms with Crippen LogP contribution in [0.15, 0.2) is 30.5 Å². The van der Waals surface area contributed by atoms with E-state index in [1.54, 1.807) is 6.20 Å². The molecule has 0 radical (unpaired) electrons. The van der Waals surface area contributed by atoms with Gasteiger partial charge in [0.1, 0.15) is 5.78 Å². The summed E-state index contributed by atoms with van der Waals surface area (Å²) in [5, 5.41) is 0.625. The number of nitrogens with zero attached hydrogens (tertiary/aromatic N) is 1. The van der Waals surface area contributed by atoms with Crippen LogP contribution in [0.5, 0.6) is 0 Å². The van der Waals surface area contributed by atoms with Crippen molar-refractivity contribution in [3.05, 3.63) is 52.2 Å². The number of aromatic nitrogens is 1. The first-order chi connectivity index (χ1) is 11.5. The number of pyridine rings is 1. The van der Waals surface area contributed by atoms with Crippen molar-refractivity contribution in [1.82, 2.24) is 4.98 Å². The van der Waals surface area contributed by atoms with Gasteiger partial charge in [0.05, 0.1) is 10.7 Å². The predicted octanol–water partition coefficient (Wildman–Crippen LogP) is 5.10. The zero-order valence-electron chi connectivity index (χ0n) is 14.0. The van der Waals surface area contributed by atoms with Gasteiger partial charge in [-0.05, 0) is 67.6 Å². The lowest BCUT2D eigenvalue weighted by Gasteiger charge is -2.18. The Balaban J connectivity index is 1.95. The lowest BCUT2D eigenvalue weighted by Crippen LogP contribution is -2.14. The minimum absolute atomic E-state index is 0.0180. The van der Waals surface area contributed by atoms with E-state index in [0.29, 0.717) is 17.2 Å². The molecule has 2 unspecified atom stereocenters. The molecule has 0 N–H and O–H groups in total. The van der Waals surface area contributed by atoms with Crippen LogP contribution >= 0.6 is 11.6 Å². The molecular formula is C21H20ClNO. The zero-order chi connectivity index (χ0) is 17.3. The van der Waals surface area contributed by atoms with Crippen LogP contribution in [0.1, 0.15) is 41.9 Å². The molecule has 1 fully saturated rings. The number of ketones is 1. The number of hydrogen-bond donors (Lipinski definition) is 0. The van der Waals surface area contributed by atoms with Gasteiger partial charge in [-0.1, -0.05) is 11.6 Å². The van der Waals surface area contributed by atoms with Gasteiger partial charge >= 0.3 is 0 Å². The largest absolute Gasteiger partial charge is 0.299 e. The van der Waals surface area contributed by atoms with E-state index in [2.05, 4.69) is 36.9 Å². The standard InChI is InChI=1S/C21H20ClNO/c1-4-5-15-6-8-18(21(15)24)20-13(2)10-16(11-14(20)3)19-9-7-17(22)12-23-19/h1,7,9-12,15,18H,5-6,8H2,2-3H3. The molecule has 1 aromatic carbocycles. The highest BCUT2D eigenvalue weighted by molar-refractivity contribution is 6.30. The van der Waals surface area contributed by atoms with Crippen LogP contribution in [-0.4, -0.2) is 10.8 Å². The summed E-state index contributed by atoms with van der Waals surface area (Å²) in [6, 6.07) is 7.98. The fraction of sp³-hybridized carbons (Fsp3) is 0.333. The summed E-state index contributed by atoms with van der Waals surface area (Å²) in [6.45, 7) is 4.15. The minimum atomic E-state index is -0.0180. The number of hydrogen-bond acceptors (Lipinski definition) is 2. The van der Waals surface area contributed by atoms with Gasteiger partial charge < -0.3 is 0 Å². The van der Waals surface area contributed by atoms with Crippen LogP contribution in [0, 0.1) is 32.1 Å². The molecule has 0 saturated heterocycles. The zero-order valence-corrected chi connectivity index (χ0v) is 14.7. The highest BCUT2D eigenvalue weighted by atomic mass is 35.5. The average molecular weight is 338 g/mol. The fourth-order valence-corrected chi connectivity index (χ4v) is 3.90. The smallest absolute Gasteiger partial charge is 0.144 e. The number of carbonyl (C=O) groups is 1. The van der Waals surface area contributed by atoms with Gasteiger partial charge in [0.25, 0.3) is 0 Å². The molecule has 1 aromatic heterocycles. The van der Waals surface area contributed by atoms with Crippen molar-refractivity contribution in [1.29, 1.82) is 0 Å². The Morgan fingerprint density at radius 2 is 1.96 bits per heavy atom. The summed E-state index contributed by atoms with van der Waals surface area (Å²) in [5.74, 6) is 2.95. The van der Waals surface area contributed by atoms with Crippen molar-refractivity contribution < 1.29 is 4.79 Å². The monoisotopic (exact) mass is 337 g/mol. The third-order valence-electron chi connectivity index (χ3n) is 4.88. The number of aryl methyl sites for hydroxylation is 2. The molecule has 0 amide bonds. The molecular weight excluding hydrogens is 318 g/mol. The third kappa shape index (κ3) is 3.09.